The largest absolute Gasteiger partial charge is 0.356 e. The third-order valence-corrected chi connectivity index (χ3v) is 6.00. The van der Waals surface area contributed by atoms with Crippen molar-refractivity contribution in [3.8, 4) is 5.82 Å². The van der Waals surface area contributed by atoms with Crippen LogP contribution in [0.4, 0.5) is 5.82 Å². The fraction of sp³-hybridized carbons (Fsp3) is 0.611. The van der Waals surface area contributed by atoms with E-state index in [9.17, 15) is 0 Å². The molecule has 2 aromatic heterocycles. The number of rotatable bonds is 4. The Morgan fingerprint density at radius 1 is 1.00 bits per heavy atom. The van der Waals surface area contributed by atoms with E-state index in [1.54, 1.807) is 17.2 Å². The van der Waals surface area contributed by atoms with Crippen LogP contribution >= 0.6 is 0 Å². The normalized spacial score (nSPS) is 27.4. The molecule has 0 N–H and O–H groups in total. The van der Waals surface area contributed by atoms with E-state index < -0.39 is 0 Å². The molecular weight excluding hydrogens is 300 g/mol. The summed E-state index contributed by atoms with van der Waals surface area (Å²) in [6.07, 6.45) is 9.71. The van der Waals surface area contributed by atoms with Crippen LogP contribution in [0.3, 0.4) is 0 Å². The second-order valence-corrected chi connectivity index (χ2v) is 7.63. The van der Waals surface area contributed by atoms with Crippen molar-refractivity contribution in [3.63, 3.8) is 0 Å². The van der Waals surface area contributed by atoms with Gasteiger partial charge in [0.05, 0.1) is 0 Å². The molecule has 1 saturated carbocycles. The summed E-state index contributed by atoms with van der Waals surface area (Å²) in [4.78, 5) is 14.0. The van der Waals surface area contributed by atoms with Crippen LogP contribution < -0.4 is 4.90 Å². The number of hydrogen-bond donors (Lipinski definition) is 0. The number of aromatic nitrogens is 4. The summed E-state index contributed by atoms with van der Waals surface area (Å²) in [5.74, 6) is 4.46. The fourth-order valence-electron chi connectivity index (χ4n) is 4.51. The van der Waals surface area contributed by atoms with Crippen LogP contribution in [0.15, 0.2) is 30.9 Å². The highest BCUT2D eigenvalue weighted by atomic mass is 15.3. The zero-order chi connectivity index (χ0) is 15.9. The van der Waals surface area contributed by atoms with Crippen LogP contribution in [0.1, 0.15) is 19.3 Å². The molecule has 2 aliphatic heterocycles. The highest BCUT2D eigenvalue weighted by Gasteiger charge is 2.41. The van der Waals surface area contributed by atoms with E-state index in [4.69, 9.17) is 0 Å². The molecule has 0 aromatic carbocycles. The zero-order valence-corrected chi connectivity index (χ0v) is 14.0. The Balaban J connectivity index is 1.25. The van der Waals surface area contributed by atoms with Crippen molar-refractivity contribution in [2.45, 2.75) is 19.3 Å². The predicted octanol–water partition coefficient (Wildman–Crippen LogP) is 1.83. The first-order valence-corrected chi connectivity index (χ1v) is 9.14. The van der Waals surface area contributed by atoms with Crippen molar-refractivity contribution in [2.24, 2.45) is 17.8 Å². The van der Waals surface area contributed by atoms with E-state index in [2.05, 4.69) is 30.9 Å². The van der Waals surface area contributed by atoms with E-state index in [1.807, 2.05) is 12.3 Å². The maximum Gasteiger partial charge on any atom is 0.158 e. The van der Waals surface area contributed by atoms with Crippen LogP contribution in [0.25, 0.3) is 5.82 Å². The molecule has 1 aliphatic carbocycles. The Hall–Kier alpha value is -1.95. The van der Waals surface area contributed by atoms with Gasteiger partial charge in [0.1, 0.15) is 12.1 Å². The molecule has 2 unspecified atom stereocenters. The minimum Gasteiger partial charge on any atom is -0.356 e. The van der Waals surface area contributed by atoms with E-state index >= 15 is 0 Å². The van der Waals surface area contributed by atoms with Gasteiger partial charge in [-0.05, 0) is 36.7 Å². The van der Waals surface area contributed by atoms with Gasteiger partial charge in [0, 0.05) is 51.2 Å². The Labute approximate surface area is 142 Å². The van der Waals surface area contributed by atoms with Gasteiger partial charge in [-0.1, -0.05) is 6.42 Å². The van der Waals surface area contributed by atoms with Crippen LogP contribution in [-0.2, 0) is 0 Å². The average Bonchev–Trinajstić information content (AvgIpc) is 3.27. The van der Waals surface area contributed by atoms with Crippen molar-refractivity contribution in [3.05, 3.63) is 30.9 Å². The molecule has 2 aromatic rings. The summed E-state index contributed by atoms with van der Waals surface area (Å²) >= 11 is 0. The van der Waals surface area contributed by atoms with Gasteiger partial charge >= 0.3 is 0 Å². The summed E-state index contributed by atoms with van der Waals surface area (Å²) in [6.45, 7) is 6.14. The van der Waals surface area contributed by atoms with Crippen LogP contribution in [0.5, 0.6) is 0 Å². The molecule has 6 nitrogen and oxygen atoms in total. The number of nitrogens with zero attached hydrogens (tertiary/aromatic N) is 6. The summed E-state index contributed by atoms with van der Waals surface area (Å²) in [7, 11) is 0. The molecule has 126 valence electrons. The lowest BCUT2D eigenvalue weighted by atomic mass is 9.85. The van der Waals surface area contributed by atoms with Gasteiger partial charge in [-0.2, -0.15) is 5.10 Å². The first-order chi connectivity index (χ1) is 11.8. The third-order valence-electron chi connectivity index (χ3n) is 6.00. The first kappa shape index (κ1) is 14.4. The SMILES string of the molecule is c1cnn(-c2cc(N3CC4CN(CC5CCC5)CC4C3)ncn2)c1. The number of hydrogen-bond acceptors (Lipinski definition) is 5. The van der Waals surface area contributed by atoms with Gasteiger partial charge < -0.3 is 9.80 Å². The molecule has 0 amide bonds. The van der Waals surface area contributed by atoms with Crippen LogP contribution in [-0.4, -0.2) is 57.4 Å². The molecule has 24 heavy (non-hydrogen) atoms. The Bertz CT molecular complexity index is 681. The predicted molar refractivity (Wildman–Crippen MR) is 92.1 cm³/mol. The van der Waals surface area contributed by atoms with Gasteiger partial charge in [-0.15, -0.1) is 0 Å². The van der Waals surface area contributed by atoms with E-state index in [1.165, 1.54) is 38.9 Å². The number of anilines is 1. The number of fused-ring (bicyclic) bond motifs is 1. The van der Waals surface area contributed by atoms with Gasteiger partial charge in [0.2, 0.25) is 0 Å². The molecule has 4 heterocycles. The van der Waals surface area contributed by atoms with E-state index in [-0.39, 0.29) is 0 Å². The molecule has 2 atom stereocenters. The van der Waals surface area contributed by atoms with E-state index in [0.29, 0.717) is 0 Å². The highest BCUT2D eigenvalue weighted by Crippen LogP contribution is 2.35. The lowest BCUT2D eigenvalue weighted by Gasteiger charge is -2.31. The van der Waals surface area contributed by atoms with Crippen molar-refractivity contribution < 1.29 is 0 Å². The minimum atomic E-state index is 0.799. The molecule has 0 bridgehead atoms. The molecule has 6 heteroatoms. The van der Waals surface area contributed by atoms with Gasteiger partial charge in [-0.3, -0.25) is 0 Å². The van der Waals surface area contributed by atoms with Gasteiger partial charge in [0.15, 0.2) is 5.82 Å². The fourth-order valence-corrected chi connectivity index (χ4v) is 4.51. The Morgan fingerprint density at radius 3 is 2.46 bits per heavy atom. The smallest absolute Gasteiger partial charge is 0.158 e. The number of likely N-dealkylation sites (tertiary alicyclic amines) is 1. The molecule has 3 fully saturated rings. The second kappa shape index (κ2) is 5.84. The summed E-state index contributed by atoms with van der Waals surface area (Å²) in [5, 5.41) is 4.26. The third kappa shape index (κ3) is 2.59. The molecule has 0 spiro atoms. The monoisotopic (exact) mass is 324 g/mol. The molecule has 3 aliphatic rings. The van der Waals surface area contributed by atoms with E-state index in [0.717, 1.165) is 42.5 Å². The van der Waals surface area contributed by atoms with Crippen molar-refractivity contribution in [2.75, 3.05) is 37.6 Å². The topological polar surface area (TPSA) is 50.1 Å². The average molecular weight is 324 g/mol. The van der Waals surface area contributed by atoms with Crippen molar-refractivity contribution in [1.82, 2.24) is 24.6 Å². The Morgan fingerprint density at radius 2 is 1.79 bits per heavy atom. The summed E-state index contributed by atoms with van der Waals surface area (Å²) in [6, 6.07) is 3.97. The molecule has 5 rings (SSSR count). The van der Waals surface area contributed by atoms with Crippen LogP contribution in [0.2, 0.25) is 0 Å². The summed E-state index contributed by atoms with van der Waals surface area (Å²) < 4.78 is 1.79. The molecular formula is C18H24N6. The first-order valence-electron chi connectivity index (χ1n) is 9.14. The van der Waals surface area contributed by atoms with Gasteiger partial charge in [0.25, 0.3) is 0 Å². The quantitative estimate of drug-likeness (QED) is 0.859. The van der Waals surface area contributed by atoms with Crippen molar-refractivity contribution >= 4 is 5.82 Å². The Kier molecular flexibility index (Phi) is 3.51. The lowest BCUT2D eigenvalue weighted by Crippen LogP contribution is -2.34. The standard InChI is InChI=1S/C18H24N6/c1-3-14(4-1)8-22-9-15-11-23(12-16(15)10-22)17-7-18(20-13-19-17)24-6-2-5-21-24/h2,5-7,13-16H,1,3-4,8-12H2. The highest BCUT2D eigenvalue weighted by molar-refractivity contribution is 5.44. The molecule has 0 radical (unpaired) electrons. The van der Waals surface area contributed by atoms with Crippen LogP contribution in [0, 0.1) is 17.8 Å². The van der Waals surface area contributed by atoms with Gasteiger partial charge in [-0.25, -0.2) is 14.6 Å². The second-order valence-electron chi connectivity index (χ2n) is 7.63. The maximum atomic E-state index is 4.51. The maximum absolute atomic E-state index is 4.51. The lowest BCUT2D eigenvalue weighted by molar-refractivity contribution is 0.197. The zero-order valence-electron chi connectivity index (χ0n) is 14.0. The molecule has 2 saturated heterocycles. The minimum absolute atomic E-state index is 0.799. The summed E-state index contributed by atoms with van der Waals surface area (Å²) in [5.41, 5.74) is 0. The van der Waals surface area contributed by atoms with Crippen molar-refractivity contribution in [1.29, 1.82) is 0 Å².